The summed E-state index contributed by atoms with van der Waals surface area (Å²) in [5.74, 6) is 0. The van der Waals surface area contributed by atoms with Gasteiger partial charge >= 0.3 is 0 Å². The fourth-order valence-electron chi connectivity index (χ4n) is 2.10. The molecule has 0 amide bonds. The first-order chi connectivity index (χ1) is 9.24. The first kappa shape index (κ1) is 16.1. The van der Waals surface area contributed by atoms with E-state index in [1.807, 2.05) is 0 Å². The number of rotatable bonds is 10. The van der Waals surface area contributed by atoms with Gasteiger partial charge in [-0.3, -0.25) is 4.68 Å². The van der Waals surface area contributed by atoms with Crippen molar-refractivity contribution in [3.63, 3.8) is 0 Å². The highest BCUT2D eigenvalue weighted by Gasteiger charge is 2.09. The zero-order chi connectivity index (χ0) is 14.1. The third kappa shape index (κ3) is 5.30. The van der Waals surface area contributed by atoms with E-state index in [4.69, 9.17) is 9.47 Å². The van der Waals surface area contributed by atoms with Crippen LogP contribution in [0.1, 0.15) is 38.4 Å². The standard InChI is InChI=1S/C14H27N3O2/c1-5-13(6-2)17-8-7-12(16-17)9-15-10-14(19-4)11-18-3/h7-8,13-15H,5-6,9-11H2,1-4H3. The average molecular weight is 269 g/mol. The molecule has 0 saturated carbocycles. The molecule has 0 spiro atoms. The lowest BCUT2D eigenvalue weighted by Gasteiger charge is -2.14. The Hall–Kier alpha value is -0.910. The van der Waals surface area contributed by atoms with Crippen LogP contribution in [0.4, 0.5) is 0 Å². The van der Waals surface area contributed by atoms with Gasteiger partial charge in [0.25, 0.3) is 0 Å². The maximum atomic E-state index is 5.29. The number of ether oxygens (including phenoxy) is 2. The molecule has 5 nitrogen and oxygen atoms in total. The topological polar surface area (TPSA) is 48.3 Å². The number of nitrogens with one attached hydrogen (secondary N) is 1. The molecule has 1 unspecified atom stereocenters. The van der Waals surface area contributed by atoms with Crippen molar-refractivity contribution in [1.29, 1.82) is 0 Å². The van der Waals surface area contributed by atoms with Crippen molar-refractivity contribution in [1.82, 2.24) is 15.1 Å². The van der Waals surface area contributed by atoms with Crippen LogP contribution < -0.4 is 5.32 Å². The molecular formula is C14H27N3O2. The predicted octanol–water partition coefficient (Wildman–Crippen LogP) is 2.00. The Morgan fingerprint density at radius 1 is 1.32 bits per heavy atom. The Labute approximate surface area is 116 Å². The van der Waals surface area contributed by atoms with Crippen molar-refractivity contribution in [3.05, 3.63) is 18.0 Å². The predicted molar refractivity (Wildman–Crippen MR) is 76.2 cm³/mol. The van der Waals surface area contributed by atoms with Gasteiger partial charge in [-0.15, -0.1) is 0 Å². The van der Waals surface area contributed by atoms with Crippen molar-refractivity contribution in [3.8, 4) is 0 Å². The molecule has 19 heavy (non-hydrogen) atoms. The Kier molecular flexibility index (Phi) is 7.70. The summed E-state index contributed by atoms with van der Waals surface area (Å²) < 4.78 is 12.4. The van der Waals surface area contributed by atoms with E-state index < -0.39 is 0 Å². The first-order valence-corrected chi connectivity index (χ1v) is 7.01. The number of hydrogen-bond donors (Lipinski definition) is 1. The summed E-state index contributed by atoms with van der Waals surface area (Å²) in [5.41, 5.74) is 1.07. The van der Waals surface area contributed by atoms with E-state index in [2.05, 4.69) is 41.2 Å². The highest BCUT2D eigenvalue weighted by Crippen LogP contribution is 2.14. The minimum atomic E-state index is 0.0890. The van der Waals surface area contributed by atoms with Crippen LogP contribution in [0.5, 0.6) is 0 Å². The van der Waals surface area contributed by atoms with E-state index in [9.17, 15) is 0 Å². The van der Waals surface area contributed by atoms with Crippen LogP contribution in [-0.2, 0) is 16.0 Å². The summed E-state index contributed by atoms with van der Waals surface area (Å²) in [6, 6.07) is 2.58. The molecule has 1 atom stereocenters. The van der Waals surface area contributed by atoms with Crippen molar-refractivity contribution in [2.75, 3.05) is 27.4 Å². The number of aromatic nitrogens is 2. The van der Waals surface area contributed by atoms with Crippen molar-refractivity contribution in [2.24, 2.45) is 0 Å². The molecule has 110 valence electrons. The van der Waals surface area contributed by atoms with Crippen LogP contribution in [0.25, 0.3) is 0 Å². The van der Waals surface area contributed by atoms with E-state index in [1.54, 1.807) is 14.2 Å². The smallest absolute Gasteiger partial charge is 0.0928 e. The fourth-order valence-corrected chi connectivity index (χ4v) is 2.10. The van der Waals surface area contributed by atoms with Crippen LogP contribution in [-0.4, -0.2) is 43.3 Å². The third-order valence-electron chi connectivity index (χ3n) is 3.34. The van der Waals surface area contributed by atoms with Gasteiger partial charge in [-0.25, -0.2) is 0 Å². The van der Waals surface area contributed by atoms with Gasteiger partial charge < -0.3 is 14.8 Å². The summed E-state index contributed by atoms with van der Waals surface area (Å²) in [7, 11) is 3.39. The highest BCUT2D eigenvalue weighted by atomic mass is 16.5. The number of hydrogen-bond acceptors (Lipinski definition) is 4. The number of nitrogens with zero attached hydrogens (tertiary/aromatic N) is 2. The molecule has 5 heteroatoms. The van der Waals surface area contributed by atoms with Gasteiger partial charge in [0.1, 0.15) is 0 Å². The van der Waals surface area contributed by atoms with Gasteiger partial charge in [-0.1, -0.05) is 13.8 Å². The Morgan fingerprint density at radius 2 is 2.05 bits per heavy atom. The van der Waals surface area contributed by atoms with E-state index in [0.717, 1.165) is 31.6 Å². The monoisotopic (exact) mass is 269 g/mol. The number of methoxy groups -OCH3 is 2. The van der Waals surface area contributed by atoms with Gasteiger partial charge in [0.2, 0.25) is 0 Å². The zero-order valence-electron chi connectivity index (χ0n) is 12.6. The molecule has 1 aromatic rings. The Bertz CT molecular complexity index is 337. The molecular weight excluding hydrogens is 242 g/mol. The summed E-state index contributed by atoms with van der Waals surface area (Å²) in [5, 5.41) is 7.95. The maximum Gasteiger partial charge on any atom is 0.0928 e. The van der Waals surface area contributed by atoms with Crippen LogP contribution >= 0.6 is 0 Å². The van der Waals surface area contributed by atoms with Crippen molar-refractivity contribution >= 4 is 0 Å². The molecule has 0 bridgehead atoms. The van der Waals surface area contributed by atoms with Crippen LogP contribution in [0.2, 0.25) is 0 Å². The molecule has 0 aliphatic carbocycles. The summed E-state index contributed by atoms with van der Waals surface area (Å²) in [4.78, 5) is 0. The lowest BCUT2D eigenvalue weighted by atomic mass is 10.2. The zero-order valence-corrected chi connectivity index (χ0v) is 12.6. The largest absolute Gasteiger partial charge is 0.382 e. The molecule has 0 saturated heterocycles. The van der Waals surface area contributed by atoms with Crippen molar-refractivity contribution < 1.29 is 9.47 Å². The molecule has 1 heterocycles. The quantitative estimate of drug-likeness (QED) is 0.706. The molecule has 0 aromatic carbocycles. The molecule has 0 fully saturated rings. The van der Waals surface area contributed by atoms with E-state index in [0.29, 0.717) is 12.6 Å². The highest BCUT2D eigenvalue weighted by molar-refractivity contribution is 4.99. The SMILES string of the molecule is CCC(CC)n1ccc(CNCC(COC)OC)n1. The van der Waals surface area contributed by atoms with Crippen molar-refractivity contribution in [2.45, 2.75) is 45.4 Å². The van der Waals surface area contributed by atoms with Crippen LogP contribution in [0.3, 0.4) is 0 Å². The maximum absolute atomic E-state index is 5.29. The third-order valence-corrected chi connectivity index (χ3v) is 3.34. The van der Waals surface area contributed by atoms with Gasteiger partial charge in [-0.2, -0.15) is 5.10 Å². The van der Waals surface area contributed by atoms with Crippen LogP contribution in [0, 0.1) is 0 Å². The summed E-state index contributed by atoms with van der Waals surface area (Å²) >= 11 is 0. The van der Waals surface area contributed by atoms with Gasteiger partial charge in [0.15, 0.2) is 0 Å². The Morgan fingerprint density at radius 3 is 2.63 bits per heavy atom. The lowest BCUT2D eigenvalue weighted by molar-refractivity contribution is 0.0287. The molecule has 0 aliphatic rings. The van der Waals surface area contributed by atoms with Gasteiger partial charge in [-0.05, 0) is 18.9 Å². The second kappa shape index (κ2) is 9.07. The van der Waals surface area contributed by atoms with Gasteiger partial charge in [0, 0.05) is 33.5 Å². The molecule has 0 aliphatic heterocycles. The summed E-state index contributed by atoms with van der Waals surface area (Å²) in [6.07, 6.45) is 4.39. The second-order valence-electron chi connectivity index (χ2n) is 4.70. The molecule has 0 radical (unpaired) electrons. The van der Waals surface area contributed by atoms with E-state index >= 15 is 0 Å². The molecule has 1 aromatic heterocycles. The van der Waals surface area contributed by atoms with Gasteiger partial charge in [0.05, 0.1) is 24.4 Å². The Balaban J connectivity index is 2.37. The van der Waals surface area contributed by atoms with Crippen LogP contribution in [0.15, 0.2) is 12.3 Å². The van der Waals surface area contributed by atoms with E-state index in [-0.39, 0.29) is 6.10 Å². The average Bonchev–Trinajstić information content (AvgIpc) is 2.88. The second-order valence-corrected chi connectivity index (χ2v) is 4.70. The summed E-state index contributed by atoms with van der Waals surface area (Å²) in [6.45, 7) is 6.52. The minimum Gasteiger partial charge on any atom is -0.382 e. The lowest BCUT2D eigenvalue weighted by Crippen LogP contribution is -2.31. The molecule has 1 N–H and O–H groups in total. The van der Waals surface area contributed by atoms with E-state index in [1.165, 1.54) is 0 Å². The fraction of sp³-hybridized carbons (Fsp3) is 0.786. The molecule has 1 rings (SSSR count). The first-order valence-electron chi connectivity index (χ1n) is 7.01. The minimum absolute atomic E-state index is 0.0890. The normalized spacial score (nSPS) is 13.1.